The van der Waals surface area contributed by atoms with Crippen molar-refractivity contribution in [2.75, 3.05) is 11.9 Å². The fraction of sp³-hybridized carbons (Fsp3) is 0.429. The molecule has 1 saturated heterocycles. The summed E-state index contributed by atoms with van der Waals surface area (Å²) in [5, 5.41) is 2.71. The number of hydrogen-bond acceptors (Lipinski definition) is 3. The normalized spacial score (nSPS) is 17.9. The maximum atomic E-state index is 13.4. The van der Waals surface area contributed by atoms with E-state index in [2.05, 4.69) is 5.32 Å². The highest BCUT2D eigenvalue weighted by Gasteiger charge is 2.17. The van der Waals surface area contributed by atoms with E-state index in [1.807, 2.05) is 0 Å². The van der Waals surface area contributed by atoms with Crippen LogP contribution in [-0.2, 0) is 9.53 Å². The predicted octanol–water partition coefficient (Wildman–Crippen LogP) is 2.36. The Labute approximate surface area is 122 Å². The van der Waals surface area contributed by atoms with E-state index in [0.717, 1.165) is 19.4 Å². The number of hydrogen-bond donors (Lipinski definition) is 2. The zero-order valence-electron chi connectivity index (χ0n) is 11.0. The van der Waals surface area contributed by atoms with Crippen molar-refractivity contribution in [2.45, 2.75) is 31.8 Å². The van der Waals surface area contributed by atoms with E-state index >= 15 is 0 Å². The van der Waals surface area contributed by atoms with Gasteiger partial charge in [-0.25, -0.2) is 4.39 Å². The standard InChI is InChI=1S/C14H17FN2O2S/c15-12-5-3-9(8-11(12)14(16)20)17-13(18)6-4-10-2-1-7-19-10/h3,5,8,10H,1-2,4,6-7H2,(H2,16,20)(H,17,18). The zero-order valence-corrected chi connectivity index (χ0v) is 11.8. The number of carbonyl (C=O) groups excluding carboxylic acids is 1. The van der Waals surface area contributed by atoms with E-state index in [1.165, 1.54) is 18.2 Å². The van der Waals surface area contributed by atoms with Gasteiger partial charge in [-0.3, -0.25) is 4.79 Å². The third kappa shape index (κ3) is 3.98. The predicted molar refractivity (Wildman–Crippen MR) is 79.1 cm³/mol. The van der Waals surface area contributed by atoms with Gasteiger partial charge in [0.1, 0.15) is 10.8 Å². The largest absolute Gasteiger partial charge is 0.389 e. The summed E-state index contributed by atoms with van der Waals surface area (Å²) in [5.74, 6) is -0.615. The third-order valence-electron chi connectivity index (χ3n) is 3.23. The van der Waals surface area contributed by atoms with Crippen molar-refractivity contribution in [3.63, 3.8) is 0 Å². The van der Waals surface area contributed by atoms with E-state index < -0.39 is 5.82 Å². The van der Waals surface area contributed by atoms with Gasteiger partial charge < -0.3 is 15.8 Å². The summed E-state index contributed by atoms with van der Waals surface area (Å²) in [6.45, 7) is 0.779. The molecule has 4 nitrogen and oxygen atoms in total. The molecule has 20 heavy (non-hydrogen) atoms. The minimum Gasteiger partial charge on any atom is -0.389 e. The maximum absolute atomic E-state index is 13.4. The Kier molecular flexibility index (Phi) is 5.03. The van der Waals surface area contributed by atoms with Gasteiger partial charge in [0.2, 0.25) is 5.91 Å². The highest BCUT2D eigenvalue weighted by molar-refractivity contribution is 7.80. The fourth-order valence-electron chi connectivity index (χ4n) is 2.18. The van der Waals surface area contributed by atoms with Crippen LogP contribution in [0.25, 0.3) is 0 Å². The molecule has 1 unspecified atom stereocenters. The van der Waals surface area contributed by atoms with Gasteiger partial charge in [0.25, 0.3) is 0 Å². The molecule has 3 N–H and O–H groups in total. The molecule has 1 aliphatic rings. The topological polar surface area (TPSA) is 64.3 Å². The van der Waals surface area contributed by atoms with Crippen LogP contribution in [0, 0.1) is 5.82 Å². The summed E-state index contributed by atoms with van der Waals surface area (Å²) in [6, 6.07) is 4.17. The molecule has 1 aromatic rings. The highest BCUT2D eigenvalue weighted by Crippen LogP contribution is 2.18. The van der Waals surface area contributed by atoms with E-state index in [4.69, 9.17) is 22.7 Å². The second kappa shape index (κ2) is 6.76. The van der Waals surface area contributed by atoms with Gasteiger partial charge in [0.15, 0.2) is 0 Å². The number of thiocarbonyl (C=S) groups is 1. The SMILES string of the molecule is NC(=S)c1cc(NC(=O)CCC2CCCO2)ccc1F. The van der Waals surface area contributed by atoms with Crippen molar-refractivity contribution in [1.82, 2.24) is 0 Å². The molecule has 1 heterocycles. The van der Waals surface area contributed by atoms with Crippen LogP contribution in [0.1, 0.15) is 31.2 Å². The first-order valence-electron chi connectivity index (χ1n) is 6.57. The Bertz CT molecular complexity index is 516. The summed E-state index contributed by atoms with van der Waals surface area (Å²) in [7, 11) is 0. The molecular weight excluding hydrogens is 279 g/mol. The zero-order chi connectivity index (χ0) is 14.5. The number of nitrogens with one attached hydrogen (secondary N) is 1. The van der Waals surface area contributed by atoms with Crippen LogP contribution >= 0.6 is 12.2 Å². The molecule has 1 amide bonds. The Morgan fingerprint density at radius 2 is 2.35 bits per heavy atom. The number of carbonyl (C=O) groups is 1. The molecule has 1 aliphatic heterocycles. The first-order chi connectivity index (χ1) is 9.56. The molecule has 1 atom stereocenters. The molecule has 108 valence electrons. The lowest BCUT2D eigenvalue weighted by molar-refractivity contribution is -0.116. The molecule has 0 radical (unpaired) electrons. The van der Waals surface area contributed by atoms with Crippen LogP contribution < -0.4 is 11.1 Å². The van der Waals surface area contributed by atoms with E-state index in [9.17, 15) is 9.18 Å². The number of nitrogens with two attached hydrogens (primary N) is 1. The number of rotatable bonds is 5. The van der Waals surface area contributed by atoms with Crippen LogP contribution in [0.15, 0.2) is 18.2 Å². The maximum Gasteiger partial charge on any atom is 0.224 e. The number of ether oxygens (including phenoxy) is 1. The summed E-state index contributed by atoms with van der Waals surface area (Å²) in [6.07, 6.45) is 3.33. The third-order valence-corrected chi connectivity index (χ3v) is 3.45. The van der Waals surface area contributed by atoms with Gasteiger partial charge in [-0.05, 0) is 37.5 Å². The first-order valence-corrected chi connectivity index (χ1v) is 6.98. The second-order valence-electron chi connectivity index (χ2n) is 4.78. The molecule has 0 aliphatic carbocycles. The van der Waals surface area contributed by atoms with Gasteiger partial charge in [-0.15, -0.1) is 0 Å². The molecule has 2 rings (SSSR count). The van der Waals surface area contributed by atoms with Crippen molar-refractivity contribution >= 4 is 28.8 Å². The Morgan fingerprint density at radius 1 is 1.55 bits per heavy atom. The van der Waals surface area contributed by atoms with Gasteiger partial charge in [0, 0.05) is 24.3 Å². The molecule has 6 heteroatoms. The summed E-state index contributed by atoms with van der Waals surface area (Å²) >= 11 is 4.76. The van der Waals surface area contributed by atoms with Crippen LogP contribution in [0.5, 0.6) is 0 Å². The summed E-state index contributed by atoms with van der Waals surface area (Å²) in [4.78, 5) is 11.8. The Morgan fingerprint density at radius 3 is 3.00 bits per heavy atom. The van der Waals surface area contributed by atoms with Crippen molar-refractivity contribution in [1.29, 1.82) is 0 Å². The quantitative estimate of drug-likeness (QED) is 0.819. The Balaban J connectivity index is 1.90. The number of benzene rings is 1. The molecule has 1 aromatic carbocycles. The molecule has 0 aromatic heterocycles. The average molecular weight is 296 g/mol. The number of halogens is 1. The minimum absolute atomic E-state index is 0.0297. The van der Waals surface area contributed by atoms with Gasteiger partial charge in [0.05, 0.1) is 6.10 Å². The van der Waals surface area contributed by atoms with Crippen LogP contribution in [0.4, 0.5) is 10.1 Å². The minimum atomic E-state index is -0.491. The van der Waals surface area contributed by atoms with E-state index in [-0.39, 0.29) is 22.6 Å². The number of amides is 1. The lowest BCUT2D eigenvalue weighted by Crippen LogP contribution is -2.16. The van der Waals surface area contributed by atoms with Gasteiger partial charge in [-0.1, -0.05) is 12.2 Å². The van der Waals surface area contributed by atoms with Crippen molar-refractivity contribution in [3.05, 3.63) is 29.6 Å². The first kappa shape index (κ1) is 14.9. The van der Waals surface area contributed by atoms with Crippen molar-refractivity contribution in [2.24, 2.45) is 5.73 Å². The average Bonchev–Trinajstić information content (AvgIpc) is 2.91. The van der Waals surface area contributed by atoms with Gasteiger partial charge in [-0.2, -0.15) is 0 Å². The molecule has 0 saturated carbocycles. The Hall–Kier alpha value is -1.53. The van der Waals surface area contributed by atoms with Crippen molar-refractivity contribution < 1.29 is 13.9 Å². The summed E-state index contributed by atoms with van der Waals surface area (Å²) < 4.78 is 18.9. The van der Waals surface area contributed by atoms with E-state index in [1.54, 1.807) is 0 Å². The molecule has 0 spiro atoms. The van der Waals surface area contributed by atoms with Crippen LogP contribution in [0.3, 0.4) is 0 Å². The van der Waals surface area contributed by atoms with E-state index in [0.29, 0.717) is 18.5 Å². The molecule has 0 bridgehead atoms. The summed E-state index contributed by atoms with van der Waals surface area (Å²) in [5.41, 5.74) is 6.05. The highest BCUT2D eigenvalue weighted by atomic mass is 32.1. The molecular formula is C14H17FN2O2S. The number of anilines is 1. The lowest BCUT2D eigenvalue weighted by atomic mass is 10.1. The van der Waals surface area contributed by atoms with Crippen LogP contribution in [-0.4, -0.2) is 23.6 Å². The van der Waals surface area contributed by atoms with Gasteiger partial charge >= 0.3 is 0 Å². The fourth-order valence-corrected chi connectivity index (χ4v) is 2.34. The van der Waals surface area contributed by atoms with Crippen LogP contribution in [0.2, 0.25) is 0 Å². The second-order valence-corrected chi connectivity index (χ2v) is 5.22. The molecule has 1 fully saturated rings. The smallest absolute Gasteiger partial charge is 0.224 e. The lowest BCUT2D eigenvalue weighted by Gasteiger charge is -2.10. The van der Waals surface area contributed by atoms with Crippen molar-refractivity contribution in [3.8, 4) is 0 Å². The monoisotopic (exact) mass is 296 g/mol.